The quantitative estimate of drug-likeness (QED) is 0.926. The van der Waals surface area contributed by atoms with Crippen LogP contribution in [0, 0.1) is 5.92 Å². The molecule has 0 bridgehead atoms. The van der Waals surface area contributed by atoms with Crippen molar-refractivity contribution in [1.29, 1.82) is 0 Å². The Labute approximate surface area is 132 Å². The summed E-state index contributed by atoms with van der Waals surface area (Å²) in [5.41, 5.74) is 1.39. The Hall–Kier alpha value is -1.00. The van der Waals surface area contributed by atoms with Gasteiger partial charge >= 0.3 is 0 Å². The SMILES string of the molecule is CN1CCC(CCNC2=NCC(c3ccccc3)S2)CC1. The molecule has 0 aliphatic carbocycles. The second-order valence-corrected chi connectivity index (χ2v) is 7.32. The normalized spacial score (nSPS) is 24.0. The highest BCUT2D eigenvalue weighted by molar-refractivity contribution is 8.14. The first-order chi connectivity index (χ1) is 10.3. The highest BCUT2D eigenvalue weighted by Gasteiger charge is 2.21. The Kier molecular flexibility index (Phi) is 5.20. The zero-order chi connectivity index (χ0) is 14.5. The number of rotatable bonds is 4. The number of likely N-dealkylation sites (tertiary alicyclic amines) is 1. The van der Waals surface area contributed by atoms with Crippen LogP contribution in [0.2, 0.25) is 0 Å². The molecule has 1 aromatic rings. The first kappa shape index (κ1) is 14.9. The molecule has 1 atom stereocenters. The smallest absolute Gasteiger partial charge is 0.157 e. The number of amidine groups is 1. The lowest BCUT2D eigenvalue weighted by molar-refractivity contribution is 0.213. The van der Waals surface area contributed by atoms with Crippen molar-refractivity contribution < 1.29 is 0 Å². The maximum atomic E-state index is 4.65. The molecule has 3 nitrogen and oxygen atoms in total. The van der Waals surface area contributed by atoms with Gasteiger partial charge in [0.15, 0.2) is 5.17 Å². The van der Waals surface area contributed by atoms with Crippen molar-refractivity contribution in [3.63, 3.8) is 0 Å². The van der Waals surface area contributed by atoms with E-state index >= 15 is 0 Å². The number of hydrogen-bond donors (Lipinski definition) is 1. The third-order valence-corrected chi connectivity index (χ3v) is 5.70. The highest BCUT2D eigenvalue weighted by atomic mass is 32.2. The minimum absolute atomic E-state index is 0.497. The molecule has 3 rings (SSSR count). The van der Waals surface area contributed by atoms with Crippen molar-refractivity contribution in [3.05, 3.63) is 35.9 Å². The van der Waals surface area contributed by atoms with Gasteiger partial charge in [0.1, 0.15) is 0 Å². The van der Waals surface area contributed by atoms with E-state index in [2.05, 4.69) is 52.6 Å². The van der Waals surface area contributed by atoms with E-state index in [1.165, 1.54) is 37.9 Å². The number of nitrogens with one attached hydrogen (secondary N) is 1. The van der Waals surface area contributed by atoms with Gasteiger partial charge in [0.25, 0.3) is 0 Å². The molecule has 1 fully saturated rings. The number of hydrogen-bond acceptors (Lipinski definition) is 4. The molecule has 0 aromatic heterocycles. The molecule has 1 saturated heterocycles. The van der Waals surface area contributed by atoms with Gasteiger partial charge in [-0.1, -0.05) is 42.1 Å². The van der Waals surface area contributed by atoms with Gasteiger partial charge in [0.2, 0.25) is 0 Å². The molecule has 21 heavy (non-hydrogen) atoms. The van der Waals surface area contributed by atoms with E-state index in [-0.39, 0.29) is 0 Å². The van der Waals surface area contributed by atoms with E-state index in [1.54, 1.807) is 0 Å². The lowest BCUT2D eigenvalue weighted by atomic mass is 9.94. The van der Waals surface area contributed by atoms with Gasteiger partial charge < -0.3 is 10.2 Å². The summed E-state index contributed by atoms with van der Waals surface area (Å²) >= 11 is 1.88. The summed E-state index contributed by atoms with van der Waals surface area (Å²) in [7, 11) is 2.22. The van der Waals surface area contributed by atoms with Crippen LogP contribution in [0.4, 0.5) is 0 Å². The standard InChI is InChI=1S/C17H25N3S/c1-20-11-8-14(9-12-20)7-10-18-17-19-13-16(21-17)15-5-3-2-4-6-15/h2-6,14,16H,7-13H2,1H3,(H,18,19). The van der Waals surface area contributed by atoms with Gasteiger partial charge in [0.05, 0.1) is 11.8 Å². The Morgan fingerprint density at radius 3 is 2.76 bits per heavy atom. The first-order valence-electron chi connectivity index (χ1n) is 8.00. The molecule has 114 valence electrons. The van der Waals surface area contributed by atoms with Crippen LogP contribution in [-0.4, -0.2) is 43.3 Å². The molecule has 2 aliphatic rings. The summed E-state index contributed by atoms with van der Waals surface area (Å²) in [6.45, 7) is 4.50. The van der Waals surface area contributed by atoms with Gasteiger partial charge in [-0.15, -0.1) is 0 Å². The second-order valence-electron chi connectivity index (χ2n) is 6.13. The van der Waals surface area contributed by atoms with E-state index in [4.69, 9.17) is 0 Å². The van der Waals surface area contributed by atoms with Gasteiger partial charge in [-0.05, 0) is 50.9 Å². The molecule has 2 heterocycles. The fourth-order valence-electron chi connectivity index (χ4n) is 3.05. The Balaban J connectivity index is 1.37. The fraction of sp³-hybridized carbons (Fsp3) is 0.588. The molecule has 0 spiro atoms. The number of nitrogens with zero attached hydrogens (tertiary/aromatic N) is 2. The topological polar surface area (TPSA) is 27.6 Å². The molecule has 1 aromatic carbocycles. The van der Waals surface area contributed by atoms with E-state index in [0.717, 1.165) is 24.2 Å². The van der Waals surface area contributed by atoms with E-state index in [1.807, 2.05) is 11.8 Å². The molecule has 0 radical (unpaired) electrons. The summed E-state index contributed by atoms with van der Waals surface area (Å²) in [5.74, 6) is 0.894. The molecule has 0 saturated carbocycles. The van der Waals surface area contributed by atoms with Crippen molar-refractivity contribution >= 4 is 16.9 Å². The minimum atomic E-state index is 0.497. The highest BCUT2D eigenvalue weighted by Crippen LogP contribution is 2.34. The van der Waals surface area contributed by atoms with Crippen LogP contribution in [0.5, 0.6) is 0 Å². The van der Waals surface area contributed by atoms with Crippen molar-refractivity contribution in [2.45, 2.75) is 24.5 Å². The van der Waals surface area contributed by atoms with E-state index < -0.39 is 0 Å². The van der Waals surface area contributed by atoms with Gasteiger partial charge in [0, 0.05) is 6.54 Å². The maximum Gasteiger partial charge on any atom is 0.157 e. The third-order valence-electron chi connectivity index (χ3n) is 4.49. The zero-order valence-corrected chi connectivity index (χ0v) is 13.6. The molecule has 4 heteroatoms. The number of piperidine rings is 1. The van der Waals surface area contributed by atoms with Gasteiger partial charge in [-0.25, -0.2) is 0 Å². The van der Waals surface area contributed by atoms with E-state index in [0.29, 0.717) is 5.25 Å². The molecule has 2 aliphatic heterocycles. The van der Waals surface area contributed by atoms with Crippen LogP contribution >= 0.6 is 11.8 Å². The summed E-state index contributed by atoms with van der Waals surface area (Å²) in [6.07, 6.45) is 3.98. The summed E-state index contributed by atoms with van der Waals surface area (Å²) in [6, 6.07) is 10.7. The van der Waals surface area contributed by atoms with Crippen molar-refractivity contribution in [1.82, 2.24) is 10.2 Å². The van der Waals surface area contributed by atoms with Crippen molar-refractivity contribution in [3.8, 4) is 0 Å². The Morgan fingerprint density at radius 2 is 2.00 bits per heavy atom. The van der Waals surface area contributed by atoms with Crippen LogP contribution in [0.25, 0.3) is 0 Å². The maximum absolute atomic E-state index is 4.65. The average molecular weight is 303 g/mol. The minimum Gasteiger partial charge on any atom is -0.365 e. The van der Waals surface area contributed by atoms with E-state index in [9.17, 15) is 0 Å². The van der Waals surface area contributed by atoms with Crippen molar-refractivity contribution in [2.24, 2.45) is 10.9 Å². The van der Waals surface area contributed by atoms with Crippen LogP contribution in [-0.2, 0) is 0 Å². The zero-order valence-electron chi connectivity index (χ0n) is 12.8. The molecule has 1 unspecified atom stereocenters. The molecular weight excluding hydrogens is 278 g/mol. The van der Waals surface area contributed by atoms with Crippen LogP contribution in [0.3, 0.4) is 0 Å². The largest absolute Gasteiger partial charge is 0.365 e. The number of thioether (sulfide) groups is 1. The summed E-state index contributed by atoms with van der Waals surface area (Å²) < 4.78 is 0. The lowest BCUT2D eigenvalue weighted by Gasteiger charge is -2.28. The second kappa shape index (κ2) is 7.32. The van der Waals surface area contributed by atoms with Crippen molar-refractivity contribution in [2.75, 3.05) is 33.2 Å². The molecular formula is C17H25N3S. The predicted octanol–water partition coefficient (Wildman–Crippen LogP) is 3.15. The Morgan fingerprint density at radius 1 is 1.24 bits per heavy atom. The Bertz CT molecular complexity index is 466. The third kappa shape index (κ3) is 4.24. The number of aliphatic imine (C=N–C) groups is 1. The monoisotopic (exact) mass is 303 g/mol. The first-order valence-corrected chi connectivity index (χ1v) is 8.87. The lowest BCUT2D eigenvalue weighted by Crippen LogP contribution is -2.32. The summed E-state index contributed by atoms with van der Waals surface area (Å²) in [4.78, 5) is 7.08. The molecule has 1 N–H and O–H groups in total. The van der Waals surface area contributed by atoms with Gasteiger partial charge in [-0.2, -0.15) is 0 Å². The van der Waals surface area contributed by atoms with Crippen LogP contribution in [0.15, 0.2) is 35.3 Å². The van der Waals surface area contributed by atoms with Crippen LogP contribution in [0.1, 0.15) is 30.1 Å². The average Bonchev–Trinajstić information content (AvgIpc) is 2.99. The van der Waals surface area contributed by atoms with Crippen LogP contribution < -0.4 is 5.32 Å². The number of benzene rings is 1. The van der Waals surface area contributed by atoms with Gasteiger partial charge in [-0.3, -0.25) is 4.99 Å². The molecule has 0 amide bonds. The predicted molar refractivity (Wildman–Crippen MR) is 91.9 cm³/mol. The summed E-state index contributed by atoms with van der Waals surface area (Å²) in [5, 5.41) is 5.17. The fourth-order valence-corrected chi connectivity index (χ4v) is 4.09.